The molecule has 0 spiro atoms. The summed E-state index contributed by atoms with van der Waals surface area (Å²) >= 11 is 0. The molecule has 0 aromatic heterocycles. The number of rotatable bonds is 4. The fourth-order valence-corrected chi connectivity index (χ4v) is 1.26. The van der Waals surface area contributed by atoms with Gasteiger partial charge in [-0.05, 0) is 6.04 Å². The quantitative estimate of drug-likeness (QED) is 0.451. The van der Waals surface area contributed by atoms with E-state index in [9.17, 15) is 9.59 Å². The van der Waals surface area contributed by atoms with E-state index >= 15 is 0 Å². The van der Waals surface area contributed by atoms with Gasteiger partial charge < -0.3 is 16.2 Å². The molecule has 0 aliphatic heterocycles. The van der Waals surface area contributed by atoms with Crippen LogP contribution in [0.15, 0.2) is 0 Å². The summed E-state index contributed by atoms with van der Waals surface area (Å²) in [5.41, 5.74) is 3.80. The Balaban J connectivity index is 3.49. The predicted octanol–water partition coefficient (Wildman–Crippen LogP) is -1.20. The van der Waals surface area contributed by atoms with Crippen molar-refractivity contribution >= 4 is 20.5 Å². The SMILES string of the molecule is NC(=O)CC[Si@H](N)C(=O)O. The summed E-state index contributed by atoms with van der Waals surface area (Å²) in [5.74, 6) is -0.496. The molecule has 0 fully saturated rings. The van der Waals surface area contributed by atoms with Gasteiger partial charge in [-0.25, -0.2) is 0 Å². The van der Waals surface area contributed by atoms with Crippen molar-refractivity contribution in [3.05, 3.63) is 0 Å². The van der Waals surface area contributed by atoms with Crippen molar-refractivity contribution in [2.75, 3.05) is 0 Å². The third-order valence-electron chi connectivity index (χ3n) is 1.02. The van der Waals surface area contributed by atoms with Crippen LogP contribution in [0.1, 0.15) is 6.42 Å². The maximum Gasteiger partial charge on any atom is 0.283 e. The molecule has 0 aliphatic carbocycles. The van der Waals surface area contributed by atoms with E-state index < -0.39 is 20.5 Å². The van der Waals surface area contributed by atoms with Gasteiger partial charge in [-0.3, -0.25) is 9.59 Å². The second kappa shape index (κ2) is 4.02. The molecule has 1 amide bonds. The fourth-order valence-electron chi connectivity index (χ4n) is 0.421. The first kappa shape index (κ1) is 9.12. The standard InChI is InChI=1S/C4H10N2O3Si/c5-3(7)1-2-10(6)4(8)9/h10H,1-2,6H2,(H2,5,7)(H,8,9)/t10-/m0/s1. The molecular weight excluding hydrogens is 152 g/mol. The van der Waals surface area contributed by atoms with Gasteiger partial charge in [0, 0.05) is 6.42 Å². The van der Waals surface area contributed by atoms with Gasteiger partial charge in [0.1, 0.15) is 0 Å². The van der Waals surface area contributed by atoms with Crippen LogP contribution in [-0.4, -0.2) is 25.6 Å². The third kappa shape index (κ3) is 4.04. The van der Waals surface area contributed by atoms with Crippen molar-refractivity contribution in [1.82, 2.24) is 0 Å². The van der Waals surface area contributed by atoms with Crippen LogP contribution in [0.25, 0.3) is 0 Å². The van der Waals surface area contributed by atoms with Crippen LogP contribution in [0.4, 0.5) is 4.79 Å². The lowest BCUT2D eigenvalue weighted by Crippen LogP contribution is -2.35. The molecule has 0 rings (SSSR count). The van der Waals surface area contributed by atoms with E-state index in [1.54, 1.807) is 0 Å². The van der Waals surface area contributed by atoms with E-state index in [1.807, 2.05) is 0 Å². The topological polar surface area (TPSA) is 106 Å². The van der Waals surface area contributed by atoms with Crippen molar-refractivity contribution in [2.45, 2.75) is 12.5 Å². The lowest BCUT2D eigenvalue weighted by Gasteiger charge is -1.99. The lowest BCUT2D eigenvalue weighted by molar-refractivity contribution is -0.117. The monoisotopic (exact) mass is 162 g/mol. The van der Waals surface area contributed by atoms with Crippen LogP contribution in [-0.2, 0) is 4.79 Å². The Morgan fingerprint density at radius 1 is 1.50 bits per heavy atom. The molecule has 0 heterocycles. The Morgan fingerprint density at radius 3 is 2.30 bits per heavy atom. The van der Waals surface area contributed by atoms with Crippen molar-refractivity contribution in [1.29, 1.82) is 0 Å². The molecule has 0 bridgehead atoms. The van der Waals surface area contributed by atoms with E-state index in [4.69, 9.17) is 16.2 Å². The second-order valence-corrected chi connectivity index (χ2v) is 4.23. The van der Waals surface area contributed by atoms with Crippen molar-refractivity contribution in [3.63, 3.8) is 0 Å². The van der Waals surface area contributed by atoms with Gasteiger partial charge in [0.2, 0.25) is 14.9 Å². The maximum atomic E-state index is 10.1. The number of carboxylic acid groups (broad SMARTS) is 1. The number of amides is 1. The first-order valence-electron chi connectivity index (χ1n) is 2.80. The van der Waals surface area contributed by atoms with Gasteiger partial charge >= 0.3 is 0 Å². The molecule has 0 radical (unpaired) electrons. The van der Waals surface area contributed by atoms with Crippen molar-refractivity contribution < 1.29 is 14.7 Å². The molecule has 5 nitrogen and oxygen atoms in total. The maximum absolute atomic E-state index is 10.1. The molecule has 0 aliphatic rings. The van der Waals surface area contributed by atoms with Gasteiger partial charge in [-0.15, -0.1) is 0 Å². The second-order valence-electron chi connectivity index (χ2n) is 1.95. The predicted molar refractivity (Wildman–Crippen MR) is 38.0 cm³/mol. The molecular formula is C4H10N2O3Si. The molecule has 58 valence electrons. The molecule has 6 heteroatoms. The van der Waals surface area contributed by atoms with Crippen LogP contribution >= 0.6 is 0 Å². The Labute approximate surface area is 59.7 Å². The summed E-state index contributed by atoms with van der Waals surface area (Å²) < 4.78 is 0. The molecule has 10 heavy (non-hydrogen) atoms. The summed E-state index contributed by atoms with van der Waals surface area (Å²) in [6.07, 6.45) is 0.0830. The highest BCUT2D eigenvalue weighted by Gasteiger charge is 2.14. The molecule has 0 saturated carbocycles. The Kier molecular flexibility index (Phi) is 3.66. The molecule has 0 aromatic carbocycles. The number of carbonyl (C=O) groups excluding carboxylic acids is 1. The largest absolute Gasteiger partial charge is 0.485 e. The molecule has 0 unspecified atom stereocenters. The average molecular weight is 162 g/mol. The lowest BCUT2D eigenvalue weighted by atomic mass is 10.5. The summed E-state index contributed by atoms with van der Waals surface area (Å²) in [7, 11) is -2.22. The average Bonchev–Trinajstić information content (AvgIpc) is 1.82. The molecule has 5 N–H and O–H groups in total. The van der Waals surface area contributed by atoms with Gasteiger partial charge in [0.15, 0.2) is 0 Å². The zero-order valence-electron chi connectivity index (χ0n) is 5.41. The zero-order valence-corrected chi connectivity index (χ0v) is 6.56. The number of hydrogen-bond donors (Lipinski definition) is 3. The highest BCUT2D eigenvalue weighted by atomic mass is 28.3. The normalized spacial score (nSPS) is 12.5. The van der Waals surface area contributed by atoms with Crippen LogP contribution in [0.2, 0.25) is 6.04 Å². The van der Waals surface area contributed by atoms with E-state index in [2.05, 4.69) is 0 Å². The first-order valence-corrected chi connectivity index (χ1v) is 4.86. The van der Waals surface area contributed by atoms with Gasteiger partial charge in [-0.1, -0.05) is 0 Å². The van der Waals surface area contributed by atoms with Crippen molar-refractivity contribution in [3.8, 4) is 0 Å². The van der Waals surface area contributed by atoms with Gasteiger partial charge in [0.25, 0.3) is 5.59 Å². The minimum Gasteiger partial charge on any atom is -0.485 e. The highest BCUT2D eigenvalue weighted by molar-refractivity contribution is 6.85. The van der Waals surface area contributed by atoms with Crippen molar-refractivity contribution in [2.24, 2.45) is 11.1 Å². The number of primary amides is 1. The molecule has 0 aromatic rings. The van der Waals surface area contributed by atoms with Gasteiger partial charge in [0.05, 0.1) is 0 Å². The fraction of sp³-hybridized carbons (Fsp3) is 0.500. The zero-order chi connectivity index (χ0) is 8.15. The Bertz CT molecular complexity index is 149. The van der Waals surface area contributed by atoms with Crippen LogP contribution in [0, 0.1) is 0 Å². The van der Waals surface area contributed by atoms with Gasteiger partial charge in [-0.2, -0.15) is 0 Å². The van der Waals surface area contributed by atoms with Crippen LogP contribution in [0.5, 0.6) is 0 Å². The van der Waals surface area contributed by atoms with E-state index in [-0.39, 0.29) is 12.5 Å². The minimum atomic E-state index is -2.22. The minimum absolute atomic E-state index is 0.0830. The van der Waals surface area contributed by atoms with E-state index in [0.29, 0.717) is 0 Å². The highest BCUT2D eigenvalue weighted by Crippen LogP contribution is 1.91. The third-order valence-corrected chi connectivity index (χ3v) is 2.56. The molecule has 0 saturated heterocycles. The Hall–Kier alpha value is -0.883. The Morgan fingerprint density at radius 2 is 2.00 bits per heavy atom. The summed E-state index contributed by atoms with van der Waals surface area (Å²) in [6.45, 7) is 0. The summed E-state index contributed by atoms with van der Waals surface area (Å²) in [4.78, 5) is 20.2. The number of carbonyl (C=O) groups is 2. The van der Waals surface area contributed by atoms with Crippen LogP contribution in [0.3, 0.4) is 0 Å². The first-order chi connectivity index (χ1) is 4.54. The van der Waals surface area contributed by atoms with Crippen LogP contribution < -0.4 is 11.1 Å². The van der Waals surface area contributed by atoms with E-state index in [0.717, 1.165) is 0 Å². The number of nitrogens with two attached hydrogens (primary N) is 2. The summed E-state index contributed by atoms with van der Waals surface area (Å²) in [5, 5.41) is 13.5. The smallest absolute Gasteiger partial charge is 0.283 e. The number of hydrogen-bond acceptors (Lipinski definition) is 3. The van der Waals surface area contributed by atoms with E-state index in [1.165, 1.54) is 0 Å². The summed E-state index contributed by atoms with van der Waals surface area (Å²) in [6, 6.07) is 0.241. The molecule has 1 atom stereocenters.